The van der Waals surface area contributed by atoms with Gasteiger partial charge in [0, 0.05) is 17.8 Å². The fraction of sp³-hybridized carbons (Fsp3) is 0.353. The molecule has 23 heavy (non-hydrogen) atoms. The molecule has 1 N–H and O–H groups in total. The fourth-order valence-corrected chi connectivity index (χ4v) is 1.89. The van der Waals surface area contributed by atoms with E-state index in [-0.39, 0.29) is 6.61 Å². The van der Waals surface area contributed by atoms with Crippen molar-refractivity contribution in [3.8, 4) is 0 Å². The number of carbonyl (C=O) groups is 3. The zero-order chi connectivity index (χ0) is 17.2. The van der Waals surface area contributed by atoms with Gasteiger partial charge in [-0.25, -0.2) is 9.59 Å². The van der Waals surface area contributed by atoms with E-state index in [1.165, 1.54) is 0 Å². The topological polar surface area (TPSA) is 81.7 Å². The van der Waals surface area contributed by atoms with Gasteiger partial charge in [-0.05, 0) is 31.4 Å². The standard InChI is InChI=1S/C17H21NO5/c1-4-13-8-6-7-12(3)17(13)18-14(19)11-23-16(21)10-9-15(20)22-5-2/h6-10H,4-5,11H2,1-3H3,(H,18,19). The normalized spacial score (nSPS) is 10.4. The Morgan fingerprint density at radius 1 is 1.09 bits per heavy atom. The lowest BCUT2D eigenvalue weighted by Gasteiger charge is -2.12. The summed E-state index contributed by atoms with van der Waals surface area (Å²) in [5.74, 6) is -1.86. The number of esters is 2. The first-order valence-electron chi connectivity index (χ1n) is 7.37. The summed E-state index contributed by atoms with van der Waals surface area (Å²) >= 11 is 0. The molecule has 0 bridgehead atoms. The number of rotatable bonds is 7. The smallest absolute Gasteiger partial charge is 0.331 e. The van der Waals surface area contributed by atoms with Gasteiger partial charge in [0.15, 0.2) is 6.61 Å². The number of para-hydroxylation sites is 1. The first-order chi connectivity index (χ1) is 11.0. The second kappa shape index (κ2) is 9.40. The first-order valence-corrected chi connectivity index (χ1v) is 7.37. The van der Waals surface area contributed by atoms with E-state index in [4.69, 9.17) is 4.74 Å². The van der Waals surface area contributed by atoms with Gasteiger partial charge in [0.2, 0.25) is 0 Å². The van der Waals surface area contributed by atoms with Gasteiger partial charge in [0.05, 0.1) is 6.61 Å². The summed E-state index contributed by atoms with van der Waals surface area (Å²) in [6, 6.07) is 5.74. The molecule has 0 heterocycles. The van der Waals surface area contributed by atoms with Crippen LogP contribution in [0.4, 0.5) is 5.69 Å². The zero-order valence-corrected chi connectivity index (χ0v) is 13.5. The maximum atomic E-state index is 11.9. The Bertz CT molecular complexity index is 607. The molecule has 0 saturated heterocycles. The quantitative estimate of drug-likeness (QED) is 0.615. The highest BCUT2D eigenvalue weighted by atomic mass is 16.5. The molecule has 6 nitrogen and oxygen atoms in total. The molecule has 0 saturated carbocycles. The van der Waals surface area contributed by atoms with Crippen molar-refractivity contribution in [1.82, 2.24) is 0 Å². The van der Waals surface area contributed by atoms with Crippen molar-refractivity contribution in [2.24, 2.45) is 0 Å². The number of aryl methyl sites for hydroxylation is 2. The van der Waals surface area contributed by atoms with Gasteiger partial charge in [0.1, 0.15) is 0 Å². The molecule has 6 heteroatoms. The summed E-state index contributed by atoms with van der Waals surface area (Å²) < 4.78 is 9.40. The molecule has 0 aliphatic carbocycles. The SMILES string of the molecule is CCOC(=O)C=CC(=O)OCC(=O)Nc1c(C)cccc1CC. The summed E-state index contributed by atoms with van der Waals surface area (Å²) in [6.07, 6.45) is 2.66. The van der Waals surface area contributed by atoms with Gasteiger partial charge in [-0.3, -0.25) is 4.79 Å². The number of ether oxygens (including phenoxy) is 2. The summed E-state index contributed by atoms with van der Waals surface area (Å²) in [7, 11) is 0. The van der Waals surface area contributed by atoms with Crippen LogP contribution in [0.25, 0.3) is 0 Å². The minimum atomic E-state index is -0.784. The molecule has 0 spiro atoms. The van der Waals surface area contributed by atoms with Crippen LogP contribution in [-0.2, 0) is 30.3 Å². The van der Waals surface area contributed by atoms with Crippen LogP contribution in [0.5, 0.6) is 0 Å². The highest BCUT2D eigenvalue weighted by molar-refractivity contribution is 5.96. The van der Waals surface area contributed by atoms with Crippen LogP contribution < -0.4 is 5.32 Å². The second-order valence-electron chi connectivity index (χ2n) is 4.70. The Balaban J connectivity index is 2.52. The first kappa shape index (κ1) is 18.4. The molecule has 0 unspecified atom stereocenters. The van der Waals surface area contributed by atoms with Gasteiger partial charge >= 0.3 is 11.9 Å². The predicted octanol–water partition coefficient (Wildman–Crippen LogP) is 2.16. The lowest BCUT2D eigenvalue weighted by atomic mass is 10.1. The van der Waals surface area contributed by atoms with Crippen molar-refractivity contribution in [3.63, 3.8) is 0 Å². The van der Waals surface area contributed by atoms with Gasteiger partial charge < -0.3 is 14.8 Å². The third kappa shape index (κ3) is 6.34. The van der Waals surface area contributed by atoms with E-state index in [9.17, 15) is 14.4 Å². The van der Waals surface area contributed by atoms with Crippen LogP contribution in [0.15, 0.2) is 30.4 Å². The Hall–Kier alpha value is -2.63. The van der Waals surface area contributed by atoms with Crippen LogP contribution in [0, 0.1) is 6.92 Å². The molecule has 1 aromatic carbocycles. The van der Waals surface area contributed by atoms with Gasteiger partial charge in [-0.2, -0.15) is 0 Å². The lowest BCUT2D eigenvalue weighted by Crippen LogP contribution is -2.21. The number of benzene rings is 1. The summed E-state index contributed by atoms with van der Waals surface area (Å²) in [4.78, 5) is 34.3. The highest BCUT2D eigenvalue weighted by Gasteiger charge is 2.10. The zero-order valence-electron chi connectivity index (χ0n) is 13.5. The number of hydrogen-bond donors (Lipinski definition) is 1. The number of anilines is 1. The maximum Gasteiger partial charge on any atom is 0.331 e. The monoisotopic (exact) mass is 319 g/mol. The van der Waals surface area contributed by atoms with Gasteiger partial charge in [-0.15, -0.1) is 0 Å². The average molecular weight is 319 g/mol. The van der Waals surface area contributed by atoms with Crippen molar-refractivity contribution < 1.29 is 23.9 Å². The number of amides is 1. The lowest BCUT2D eigenvalue weighted by molar-refractivity contribution is -0.143. The average Bonchev–Trinajstić information content (AvgIpc) is 2.53. The van der Waals surface area contributed by atoms with E-state index in [0.717, 1.165) is 35.4 Å². The van der Waals surface area contributed by atoms with E-state index < -0.39 is 24.5 Å². The van der Waals surface area contributed by atoms with E-state index >= 15 is 0 Å². The molecule has 0 radical (unpaired) electrons. The van der Waals surface area contributed by atoms with Crippen molar-refractivity contribution in [3.05, 3.63) is 41.5 Å². The summed E-state index contributed by atoms with van der Waals surface area (Å²) in [5.41, 5.74) is 2.68. The Morgan fingerprint density at radius 2 is 1.74 bits per heavy atom. The molecule has 0 aromatic heterocycles. The molecule has 124 valence electrons. The maximum absolute atomic E-state index is 11.9. The minimum absolute atomic E-state index is 0.219. The largest absolute Gasteiger partial charge is 0.463 e. The minimum Gasteiger partial charge on any atom is -0.463 e. The third-order valence-corrected chi connectivity index (χ3v) is 2.99. The molecule has 0 fully saturated rings. The molecule has 0 aliphatic heterocycles. The number of nitrogens with one attached hydrogen (secondary N) is 1. The van der Waals surface area contributed by atoms with Crippen LogP contribution in [0.2, 0.25) is 0 Å². The molecule has 1 amide bonds. The van der Waals surface area contributed by atoms with Crippen molar-refractivity contribution in [2.45, 2.75) is 27.2 Å². The van der Waals surface area contributed by atoms with E-state index in [1.54, 1.807) is 6.92 Å². The predicted molar refractivity (Wildman–Crippen MR) is 85.9 cm³/mol. The van der Waals surface area contributed by atoms with E-state index in [2.05, 4.69) is 10.1 Å². The fourth-order valence-electron chi connectivity index (χ4n) is 1.89. The van der Waals surface area contributed by atoms with Gasteiger partial charge in [-0.1, -0.05) is 25.1 Å². The van der Waals surface area contributed by atoms with E-state index in [0.29, 0.717) is 0 Å². The number of hydrogen-bond acceptors (Lipinski definition) is 5. The Morgan fingerprint density at radius 3 is 2.35 bits per heavy atom. The Kier molecular flexibility index (Phi) is 7.53. The second-order valence-corrected chi connectivity index (χ2v) is 4.70. The van der Waals surface area contributed by atoms with E-state index in [1.807, 2.05) is 32.0 Å². The summed E-state index contributed by atoms with van der Waals surface area (Å²) in [6.45, 7) is 5.33. The van der Waals surface area contributed by atoms with Crippen LogP contribution in [-0.4, -0.2) is 31.1 Å². The van der Waals surface area contributed by atoms with Gasteiger partial charge in [0.25, 0.3) is 5.91 Å². The highest BCUT2D eigenvalue weighted by Crippen LogP contribution is 2.20. The number of carbonyl (C=O) groups excluding carboxylic acids is 3. The Labute approximate surface area is 135 Å². The molecule has 0 aliphatic rings. The van der Waals surface area contributed by atoms with Crippen LogP contribution >= 0.6 is 0 Å². The molecular formula is C17H21NO5. The molecule has 1 rings (SSSR count). The third-order valence-electron chi connectivity index (χ3n) is 2.99. The van der Waals surface area contributed by atoms with Crippen molar-refractivity contribution in [2.75, 3.05) is 18.5 Å². The molecule has 1 aromatic rings. The van der Waals surface area contributed by atoms with Crippen molar-refractivity contribution >= 4 is 23.5 Å². The van der Waals surface area contributed by atoms with Crippen LogP contribution in [0.3, 0.4) is 0 Å². The molecule has 0 atom stereocenters. The van der Waals surface area contributed by atoms with Crippen LogP contribution in [0.1, 0.15) is 25.0 Å². The summed E-state index contributed by atoms with van der Waals surface area (Å²) in [5, 5.41) is 2.74. The van der Waals surface area contributed by atoms with Crippen molar-refractivity contribution in [1.29, 1.82) is 0 Å². The molecular weight excluding hydrogens is 298 g/mol.